The van der Waals surface area contributed by atoms with Crippen molar-refractivity contribution in [3.8, 4) is 0 Å². The summed E-state index contributed by atoms with van der Waals surface area (Å²) in [5.74, 6) is -0.534. The number of benzene rings is 1. The fourth-order valence-corrected chi connectivity index (χ4v) is 3.13. The van der Waals surface area contributed by atoms with Gasteiger partial charge in [0.05, 0.1) is 11.8 Å². The number of fused-ring (bicyclic) bond motifs is 1. The molecular formula is C15H19N3O2. The largest absolute Gasteiger partial charge is 0.369 e. The fourth-order valence-electron chi connectivity index (χ4n) is 3.13. The smallest absolute Gasteiger partial charge is 0.231 e. The van der Waals surface area contributed by atoms with Crippen LogP contribution in [-0.2, 0) is 16.1 Å². The van der Waals surface area contributed by atoms with E-state index in [4.69, 9.17) is 5.73 Å². The number of nitrogens with zero attached hydrogens (tertiary/aromatic N) is 1. The molecule has 1 fully saturated rings. The van der Waals surface area contributed by atoms with Crippen molar-refractivity contribution in [1.82, 2.24) is 10.2 Å². The summed E-state index contributed by atoms with van der Waals surface area (Å²) in [5.41, 5.74) is 7.62. The van der Waals surface area contributed by atoms with Crippen molar-refractivity contribution < 1.29 is 9.59 Å². The van der Waals surface area contributed by atoms with Crippen LogP contribution in [-0.4, -0.2) is 36.3 Å². The number of carbonyl (C=O) groups is 2. The molecular weight excluding hydrogens is 254 g/mol. The van der Waals surface area contributed by atoms with Gasteiger partial charge in [0.1, 0.15) is 0 Å². The molecule has 0 spiro atoms. The SMILES string of the molecule is NC(=O)C1CCN(C(=O)C2CNCc3ccccc32)C1. The Morgan fingerprint density at radius 2 is 2.10 bits per heavy atom. The van der Waals surface area contributed by atoms with E-state index >= 15 is 0 Å². The summed E-state index contributed by atoms with van der Waals surface area (Å²) in [6.45, 7) is 2.56. The van der Waals surface area contributed by atoms with Gasteiger partial charge in [0, 0.05) is 26.2 Å². The van der Waals surface area contributed by atoms with Crippen LogP contribution in [0.3, 0.4) is 0 Å². The van der Waals surface area contributed by atoms with Gasteiger partial charge >= 0.3 is 0 Å². The topological polar surface area (TPSA) is 75.4 Å². The van der Waals surface area contributed by atoms with Gasteiger partial charge in [0.25, 0.3) is 0 Å². The highest BCUT2D eigenvalue weighted by Gasteiger charge is 2.35. The van der Waals surface area contributed by atoms with Crippen molar-refractivity contribution in [2.75, 3.05) is 19.6 Å². The zero-order valence-electron chi connectivity index (χ0n) is 11.3. The van der Waals surface area contributed by atoms with Gasteiger partial charge in [-0.1, -0.05) is 24.3 Å². The maximum absolute atomic E-state index is 12.7. The van der Waals surface area contributed by atoms with Crippen molar-refractivity contribution in [1.29, 1.82) is 0 Å². The Morgan fingerprint density at radius 3 is 2.85 bits per heavy atom. The molecule has 2 atom stereocenters. The molecule has 0 radical (unpaired) electrons. The highest BCUT2D eigenvalue weighted by Crippen LogP contribution is 2.28. The molecule has 3 rings (SSSR count). The second kappa shape index (κ2) is 5.25. The summed E-state index contributed by atoms with van der Waals surface area (Å²) in [7, 11) is 0. The molecule has 2 amide bonds. The molecule has 2 aliphatic heterocycles. The lowest BCUT2D eigenvalue weighted by molar-refractivity contribution is -0.132. The first-order valence-electron chi connectivity index (χ1n) is 7.03. The summed E-state index contributed by atoms with van der Waals surface area (Å²) < 4.78 is 0. The van der Waals surface area contributed by atoms with Crippen molar-refractivity contribution in [2.24, 2.45) is 11.7 Å². The molecule has 1 aromatic rings. The van der Waals surface area contributed by atoms with Gasteiger partial charge in [-0.15, -0.1) is 0 Å². The molecule has 0 saturated carbocycles. The Kier molecular flexibility index (Phi) is 3.44. The van der Waals surface area contributed by atoms with E-state index in [-0.39, 0.29) is 23.7 Å². The predicted molar refractivity (Wildman–Crippen MR) is 74.8 cm³/mol. The van der Waals surface area contributed by atoms with Crippen LogP contribution < -0.4 is 11.1 Å². The van der Waals surface area contributed by atoms with Crippen LogP contribution in [0.2, 0.25) is 0 Å². The fraction of sp³-hybridized carbons (Fsp3) is 0.467. The molecule has 3 N–H and O–H groups in total. The van der Waals surface area contributed by atoms with Crippen LogP contribution in [0.1, 0.15) is 23.5 Å². The Labute approximate surface area is 118 Å². The van der Waals surface area contributed by atoms with E-state index in [1.54, 1.807) is 4.90 Å². The summed E-state index contributed by atoms with van der Waals surface area (Å²) >= 11 is 0. The normalized spacial score (nSPS) is 25.3. The summed E-state index contributed by atoms with van der Waals surface area (Å²) in [6, 6.07) is 8.05. The molecule has 5 nitrogen and oxygen atoms in total. The van der Waals surface area contributed by atoms with Crippen LogP contribution >= 0.6 is 0 Å². The Bertz CT molecular complexity index is 544. The van der Waals surface area contributed by atoms with Crippen molar-refractivity contribution >= 4 is 11.8 Å². The van der Waals surface area contributed by atoms with Gasteiger partial charge in [-0.3, -0.25) is 9.59 Å². The third-order valence-corrected chi connectivity index (χ3v) is 4.29. The quantitative estimate of drug-likeness (QED) is 0.808. The van der Waals surface area contributed by atoms with Crippen LogP contribution in [0.15, 0.2) is 24.3 Å². The van der Waals surface area contributed by atoms with Gasteiger partial charge in [0.15, 0.2) is 0 Å². The standard InChI is InChI=1S/C15H19N3O2/c16-14(19)11-5-6-18(9-11)15(20)13-8-17-7-10-3-1-2-4-12(10)13/h1-4,11,13,17H,5-9H2,(H2,16,19). The minimum Gasteiger partial charge on any atom is -0.369 e. The Morgan fingerprint density at radius 1 is 1.30 bits per heavy atom. The second-order valence-corrected chi connectivity index (χ2v) is 5.55. The van der Waals surface area contributed by atoms with Gasteiger partial charge in [-0.05, 0) is 17.5 Å². The number of hydrogen-bond donors (Lipinski definition) is 2. The van der Waals surface area contributed by atoms with E-state index in [0.29, 0.717) is 26.1 Å². The number of likely N-dealkylation sites (tertiary alicyclic amines) is 1. The molecule has 2 aliphatic rings. The maximum Gasteiger partial charge on any atom is 0.231 e. The number of amides is 2. The molecule has 0 aliphatic carbocycles. The molecule has 20 heavy (non-hydrogen) atoms. The molecule has 2 unspecified atom stereocenters. The maximum atomic E-state index is 12.7. The van der Waals surface area contributed by atoms with Crippen LogP contribution in [0.4, 0.5) is 0 Å². The second-order valence-electron chi connectivity index (χ2n) is 5.55. The number of primary amides is 1. The number of nitrogens with one attached hydrogen (secondary N) is 1. The lowest BCUT2D eigenvalue weighted by atomic mass is 9.90. The summed E-state index contributed by atoms with van der Waals surface area (Å²) in [6.07, 6.45) is 0.683. The molecule has 1 saturated heterocycles. The number of nitrogens with two attached hydrogens (primary N) is 1. The van der Waals surface area contributed by atoms with E-state index in [9.17, 15) is 9.59 Å². The molecule has 5 heteroatoms. The van der Waals surface area contributed by atoms with E-state index in [1.807, 2.05) is 18.2 Å². The van der Waals surface area contributed by atoms with Crippen LogP contribution in [0.5, 0.6) is 0 Å². The third-order valence-electron chi connectivity index (χ3n) is 4.29. The molecule has 1 aromatic carbocycles. The van der Waals surface area contributed by atoms with Gasteiger partial charge < -0.3 is 16.0 Å². The van der Waals surface area contributed by atoms with E-state index in [2.05, 4.69) is 11.4 Å². The first-order valence-corrected chi connectivity index (χ1v) is 7.03. The lowest BCUT2D eigenvalue weighted by Gasteiger charge is -2.29. The minimum atomic E-state index is -0.303. The zero-order chi connectivity index (χ0) is 14.1. The third kappa shape index (κ3) is 2.29. The molecule has 106 valence electrons. The number of rotatable bonds is 2. The first-order chi connectivity index (χ1) is 9.66. The predicted octanol–water partition coefficient (Wildman–Crippen LogP) is 0.207. The molecule has 0 bridgehead atoms. The van der Waals surface area contributed by atoms with Gasteiger partial charge in [0.2, 0.25) is 11.8 Å². The van der Waals surface area contributed by atoms with Crippen LogP contribution in [0.25, 0.3) is 0 Å². The first kappa shape index (κ1) is 13.1. The number of hydrogen-bond acceptors (Lipinski definition) is 3. The average molecular weight is 273 g/mol. The monoisotopic (exact) mass is 273 g/mol. The van der Waals surface area contributed by atoms with Gasteiger partial charge in [-0.25, -0.2) is 0 Å². The Hall–Kier alpha value is -1.88. The lowest BCUT2D eigenvalue weighted by Crippen LogP contribution is -2.41. The summed E-state index contributed by atoms with van der Waals surface area (Å²) in [5, 5.41) is 3.29. The molecule has 0 aromatic heterocycles. The Balaban J connectivity index is 1.78. The van der Waals surface area contributed by atoms with Crippen LogP contribution in [0, 0.1) is 5.92 Å². The highest BCUT2D eigenvalue weighted by molar-refractivity contribution is 5.86. The van der Waals surface area contributed by atoms with Crippen molar-refractivity contribution in [3.05, 3.63) is 35.4 Å². The zero-order valence-corrected chi connectivity index (χ0v) is 11.3. The number of carbonyl (C=O) groups excluding carboxylic acids is 2. The highest BCUT2D eigenvalue weighted by atomic mass is 16.2. The minimum absolute atomic E-state index is 0.105. The van der Waals surface area contributed by atoms with Crippen molar-refractivity contribution in [2.45, 2.75) is 18.9 Å². The van der Waals surface area contributed by atoms with E-state index in [1.165, 1.54) is 5.56 Å². The summed E-state index contributed by atoms with van der Waals surface area (Å²) in [4.78, 5) is 25.7. The van der Waals surface area contributed by atoms with Crippen molar-refractivity contribution in [3.63, 3.8) is 0 Å². The van der Waals surface area contributed by atoms with E-state index < -0.39 is 0 Å². The van der Waals surface area contributed by atoms with Gasteiger partial charge in [-0.2, -0.15) is 0 Å². The molecule has 2 heterocycles. The average Bonchev–Trinajstić information content (AvgIpc) is 2.96. The van der Waals surface area contributed by atoms with E-state index in [0.717, 1.165) is 12.1 Å².